The molecule has 0 atom stereocenters. The standard InChI is InChI=1S/C18H13ClF3NO2/c19-12-3-4-13(14(9-12)18(20,21)22)16-8-11-7-10(2-6-17(24)25)1-5-15(11)23-16/h1,3-5,7-9,23H,2,6H2,(H,24,25). The van der Waals surface area contributed by atoms with E-state index in [1.165, 1.54) is 12.1 Å². The highest BCUT2D eigenvalue weighted by Gasteiger charge is 2.34. The van der Waals surface area contributed by atoms with Crippen LogP contribution in [0.5, 0.6) is 0 Å². The number of nitrogens with one attached hydrogen (secondary N) is 1. The lowest BCUT2D eigenvalue weighted by atomic mass is 10.0. The number of hydrogen-bond acceptors (Lipinski definition) is 1. The second-order valence-electron chi connectivity index (χ2n) is 5.69. The molecule has 0 saturated heterocycles. The number of carboxylic acid groups (broad SMARTS) is 1. The van der Waals surface area contributed by atoms with Crippen molar-refractivity contribution in [1.29, 1.82) is 0 Å². The molecule has 7 heteroatoms. The number of rotatable bonds is 4. The first-order chi connectivity index (χ1) is 11.7. The van der Waals surface area contributed by atoms with E-state index in [2.05, 4.69) is 4.98 Å². The highest BCUT2D eigenvalue weighted by molar-refractivity contribution is 6.30. The number of aliphatic carboxylic acids is 1. The Morgan fingerprint density at radius 1 is 1.12 bits per heavy atom. The summed E-state index contributed by atoms with van der Waals surface area (Å²) in [4.78, 5) is 13.6. The van der Waals surface area contributed by atoms with Gasteiger partial charge in [-0.05, 0) is 42.3 Å². The SMILES string of the molecule is O=C(O)CCc1ccc2[nH]c(-c3ccc(Cl)cc3C(F)(F)F)cc2c1. The van der Waals surface area contributed by atoms with E-state index in [9.17, 15) is 18.0 Å². The predicted octanol–water partition coefficient (Wildman–Crippen LogP) is 5.52. The lowest BCUT2D eigenvalue weighted by molar-refractivity contribution is -0.137. The predicted molar refractivity (Wildman–Crippen MR) is 89.7 cm³/mol. The molecule has 0 aliphatic rings. The summed E-state index contributed by atoms with van der Waals surface area (Å²) in [5.41, 5.74) is 1.02. The van der Waals surface area contributed by atoms with Gasteiger partial charge in [0.15, 0.2) is 0 Å². The second-order valence-corrected chi connectivity index (χ2v) is 6.12. The average Bonchev–Trinajstić information content (AvgIpc) is 2.95. The summed E-state index contributed by atoms with van der Waals surface area (Å²) >= 11 is 5.71. The number of benzene rings is 2. The van der Waals surface area contributed by atoms with Gasteiger partial charge in [-0.3, -0.25) is 4.79 Å². The molecule has 0 radical (unpaired) electrons. The van der Waals surface area contributed by atoms with E-state index in [0.717, 1.165) is 17.0 Å². The Kier molecular flexibility index (Phi) is 4.47. The molecule has 0 unspecified atom stereocenters. The van der Waals surface area contributed by atoms with Crippen molar-refractivity contribution in [2.45, 2.75) is 19.0 Å². The molecule has 2 N–H and O–H groups in total. The van der Waals surface area contributed by atoms with Gasteiger partial charge in [-0.15, -0.1) is 0 Å². The molecule has 3 aromatic rings. The van der Waals surface area contributed by atoms with Crippen LogP contribution in [-0.4, -0.2) is 16.1 Å². The molecule has 0 bridgehead atoms. The maximum absolute atomic E-state index is 13.3. The number of aryl methyl sites for hydroxylation is 1. The monoisotopic (exact) mass is 367 g/mol. The highest BCUT2D eigenvalue weighted by Crippen LogP contribution is 2.39. The van der Waals surface area contributed by atoms with E-state index in [1.54, 1.807) is 24.3 Å². The third-order valence-electron chi connectivity index (χ3n) is 3.89. The van der Waals surface area contributed by atoms with Crippen LogP contribution in [0.25, 0.3) is 22.2 Å². The summed E-state index contributed by atoms with van der Waals surface area (Å²) in [7, 11) is 0. The van der Waals surface area contributed by atoms with Gasteiger partial charge in [0.1, 0.15) is 0 Å². The Labute approximate surface area is 146 Å². The van der Waals surface area contributed by atoms with Crippen LogP contribution >= 0.6 is 11.6 Å². The van der Waals surface area contributed by atoms with Gasteiger partial charge in [-0.25, -0.2) is 0 Å². The number of halogens is 4. The Bertz CT molecular complexity index is 947. The van der Waals surface area contributed by atoms with Crippen molar-refractivity contribution in [3.63, 3.8) is 0 Å². The van der Waals surface area contributed by atoms with Crippen LogP contribution in [0.2, 0.25) is 5.02 Å². The summed E-state index contributed by atoms with van der Waals surface area (Å²) in [6.07, 6.45) is -4.16. The number of alkyl halides is 3. The summed E-state index contributed by atoms with van der Waals surface area (Å²) in [5.74, 6) is -0.897. The van der Waals surface area contributed by atoms with Crippen LogP contribution in [0.15, 0.2) is 42.5 Å². The molecule has 25 heavy (non-hydrogen) atoms. The largest absolute Gasteiger partial charge is 0.481 e. The van der Waals surface area contributed by atoms with Crippen LogP contribution in [0, 0.1) is 0 Å². The van der Waals surface area contributed by atoms with E-state index in [4.69, 9.17) is 16.7 Å². The first-order valence-electron chi connectivity index (χ1n) is 7.44. The molecule has 0 aliphatic heterocycles. The normalized spacial score (nSPS) is 11.8. The Balaban J connectivity index is 2.04. The van der Waals surface area contributed by atoms with Crippen molar-refractivity contribution in [3.8, 4) is 11.3 Å². The highest BCUT2D eigenvalue weighted by atomic mass is 35.5. The van der Waals surface area contributed by atoms with Gasteiger partial charge < -0.3 is 10.1 Å². The molecular formula is C18H13ClF3NO2. The number of carbonyl (C=O) groups is 1. The Hall–Kier alpha value is -2.47. The number of aromatic amines is 1. The number of fused-ring (bicyclic) bond motifs is 1. The third kappa shape index (κ3) is 3.79. The first kappa shape index (κ1) is 17.4. The van der Waals surface area contributed by atoms with Crippen molar-refractivity contribution >= 4 is 28.5 Å². The summed E-state index contributed by atoms with van der Waals surface area (Å²) < 4.78 is 39.8. The zero-order chi connectivity index (χ0) is 18.2. The second kappa shape index (κ2) is 6.44. The molecule has 0 spiro atoms. The van der Waals surface area contributed by atoms with E-state index in [1.807, 2.05) is 0 Å². The smallest absolute Gasteiger partial charge is 0.417 e. The van der Waals surface area contributed by atoms with Gasteiger partial charge in [-0.2, -0.15) is 13.2 Å². The molecule has 3 rings (SSSR count). The lowest BCUT2D eigenvalue weighted by Crippen LogP contribution is -2.07. The molecule has 0 saturated carbocycles. The number of hydrogen-bond donors (Lipinski definition) is 2. The minimum absolute atomic E-state index is 0.00179. The molecule has 0 aliphatic carbocycles. The average molecular weight is 368 g/mol. The molecule has 0 fully saturated rings. The molecule has 1 heterocycles. The van der Waals surface area contributed by atoms with E-state index >= 15 is 0 Å². The fraction of sp³-hybridized carbons (Fsp3) is 0.167. The van der Waals surface area contributed by atoms with Gasteiger partial charge >= 0.3 is 12.1 Å². The topological polar surface area (TPSA) is 53.1 Å². The van der Waals surface area contributed by atoms with E-state index in [0.29, 0.717) is 17.6 Å². The first-order valence-corrected chi connectivity index (χ1v) is 7.82. The van der Waals surface area contributed by atoms with E-state index < -0.39 is 17.7 Å². The quantitative estimate of drug-likeness (QED) is 0.637. The lowest BCUT2D eigenvalue weighted by Gasteiger charge is -2.12. The van der Waals surface area contributed by atoms with Gasteiger partial charge in [0.2, 0.25) is 0 Å². The van der Waals surface area contributed by atoms with Crippen LogP contribution < -0.4 is 0 Å². The Morgan fingerprint density at radius 3 is 2.56 bits per heavy atom. The minimum Gasteiger partial charge on any atom is -0.481 e. The Morgan fingerprint density at radius 2 is 1.88 bits per heavy atom. The van der Waals surface area contributed by atoms with Gasteiger partial charge in [0, 0.05) is 33.6 Å². The zero-order valence-corrected chi connectivity index (χ0v) is 13.6. The fourth-order valence-electron chi connectivity index (χ4n) is 2.72. The van der Waals surface area contributed by atoms with Gasteiger partial charge in [0.05, 0.1) is 5.56 Å². The summed E-state index contributed by atoms with van der Waals surface area (Å²) in [6, 6.07) is 10.6. The van der Waals surface area contributed by atoms with Crippen molar-refractivity contribution in [1.82, 2.24) is 4.98 Å². The van der Waals surface area contributed by atoms with Crippen LogP contribution in [0.1, 0.15) is 17.5 Å². The zero-order valence-electron chi connectivity index (χ0n) is 12.8. The van der Waals surface area contributed by atoms with Gasteiger partial charge in [-0.1, -0.05) is 23.7 Å². The summed E-state index contributed by atoms with van der Waals surface area (Å²) in [5, 5.41) is 9.49. The fourth-order valence-corrected chi connectivity index (χ4v) is 2.89. The molecule has 3 nitrogen and oxygen atoms in total. The maximum atomic E-state index is 13.3. The number of carboxylic acids is 1. The molecule has 130 valence electrons. The molecule has 2 aromatic carbocycles. The van der Waals surface area contributed by atoms with Crippen molar-refractivity contribution in [2.75, 3.05) is 0 Å². The molecular weight excluding hydrogens is 355 g/mol. The number of aromatic nitrogens is 1. The maximum Gasteiger partial charge on any atom is 0.417 e. The van der Waals surface area contributed by atoms with E-state index in [-0.39, 0.29) is 17.0 Å². The van der Waals surface area contributed by atoms with Crippen molar-refractivity contribution in [2.24, 2.45) is 0 Å². The minimum atomic E-state index is -4.52. The van der Waals surface area contributed by atoms with Crippen molar-refractivity contribution < 1.29 is 23.1 Å². The van der Waals surface area contributed by atoms with Gasteiger partial charge in [0.25, 0.3) is 0 Å². The summed E-state index contributed by atoms with van der Waals surface area (Å²) in [6.45, 7) is 0. The van der Waals surface area contributed by atoms with Crippen LogP contribution in [0.3, 0.4) is 0 Å². The van der Waals surface area contributed by atoms with Crippen LogP contribution in [-0.2, 0) is 17.4 Å². The van der Waals surface area contributed by atoms with Crippen molar-refractivity contribution in [3.05, 3.63) is 58.6 Å². The third-order valence-corrected chi connectivity index (χ3v) is 4.12. The number of H-pyrrole nitrogens is 1. The molecule has 0 amide bonds. The van der Waals surface area contributed by atoms with Crippen LogP contribution in [0.4, 0.5) is 13.2 Å². The molecule has 1 aromatic heterocycles.